The molecular weight excluding hydrogens is 324 g/mol. The third-order valence-electron chi connectivity index (χ3n) is 4.75. The first-order valence-electron chi connectivity index (χ1n) is 8.55. The molecule has 0 aromatic heterocycles. The number of nitrogens with zero attached hydrogens (tertiary/aromatic N) is 2. The van der Waals surface area contributed by atoms with Crippen molar-refractivity contribution in [1.82, 2.24) is 4.90 Å². The average Bonchev–Trinajstić information content (AvgIpc) is 2.62. The lowest BCUT2D eigenvalue weighted by Crippen LogP contribution is -2.47. The lowest BCUT2D eigenvalue weighted by molar-refractivity contribution is -0.145. The molecule has 2 heterocycles. The predicted molar refractivity (Wildman–Crippen MR) is 90.4 cm³/mol. The second-order valence-corrected chi connectivity index (χ2v) is 6.48. The summed E-state index contributed by atoms with van der Waals surface area (Å²) in [6, 6.07) is 7.26. The van der Waals surface area contributed by atoms with Crippen LogP contribution in [0.2, 0.25) is 0 Å². The number of rotatable bonds is 4. The molecule has 1 N–H and O–H groups in total. The number of carboxylic acid groups (broad SMARTS) is 1. The van der Waals surface area contributed by atoms with Crippen molar-refractivity contribution in [3.8, 4) is 5.75 Å². The van der Waals surface area contributed by atoms with Crippen LogP contribution in [-0.4, -0.2) is 53.5 Å². The first-order chi connectivity index (χ1) is 12.0. The van der Waals surface area contributed by atoms with Crippen LogP contribution >= 0.6 is 0 Å². The van der Waals surface area contributed by atoms with E-state index in [1.807, 2.05) is 12.1 Å². The SMILES string of the molecule is CC1Oc2ccccc2N(CCC(=O)N2CCC[C@H](C(=O)O)C2)C1=O. The van der Waals surface area contributed by atoms with Gasteiger partial charge in [0.15, 0.2) is 6.10 Å². The van der Waals surface area contributed by atoms with E-state index < -0.39 is 18.0 Å². The van der Waals surface area contributed by atoms with Crippen molar-refractivity contribution in [2.45, 2.75) is 32.3 Å². The zero-order valence-corrected chi connectivity index (χ0v) is 14.2. The van der Waals surface area contributed by atoms with Gasteiger partial charge < -0.3 is 19.6 Å². The molecule has 0 radical (unpaired) electrons. The molecule has 1 saturated heterocycles. The Morgan fingerprint density at radius 3 is 2.84 bits per heavy atom. The van der Waals surface area contributed by atoms with Gasteiger partial charge in [-0.2, -0.15) is 0 Å². The molecule has 7 nitrogen and oxygen atoms in total. The molecule has 0 aliphatic carbocycles. The molecule has 134 valence electrons. The van der Waals surface area contributed by atoms with E-state index in [-0.39, 0.29) is 31.3 Å². The Balaban J connectivity index is 1.65. The summed E-state index contributed by atoms with van der Waals surface area (Å²) < 4.78 is 5.59. The van der Waals surface area contributed by atoms with Gasteiger partial charge in [0, 0.05) is 26.1 Å². The van der Waals surface area contributed by atoms with Crippen molar-refractivity contribution in [2.75, 3.05) is 24.5 Å². The Morgan fingerprint density at radius 2 is 2.08 bits per heavy atom. The summed E-state index contributed by atoms with van der Waals surface area (Å²) >= 11 is 0. The van der Waals surface area contributed by atoms with Gasteiger partial charge in [0.25, 0.3) is 5.91 Å². The van der Waals surface area contributed by atoms with Crippen molar-refractivity contribution in [3.05, 3.63) is 24.3 Å². The highest BCUT2D eigenvalue weighted by Crippen LogP contribution is 2.33. The van der Waals surface area contributed by atoms with Crippen LogP contribution in [0.3, 0.4) is 0 Å². The zero-order valence-electron chi connectivity index (χ0n) is 14.2. The summed E-state index contributed by atoms with van der Waals surface area (Å²) in [5.41, 5.74) is 0.667. The topological polar surface area (TPSA) is 87.2 Å². The van der Waals surface area contributed by atoms with Gasteiger partial charge in [-0.1, -0.05) is 12.1 Å². The number of hydrogen-bond donors (Lipinski definition) is 1. The van der Waals surface area contributed by atoms with Gasteiger partial charge >= 0.3 is 5.97 Å². The Kier molecular flexibility index (Phi) is 4.92. The number of piperidine rings is 1. The van der Waals surface area contributed by atoms with Crippen molar-refractivity contribution in [2.24, 2.45) is 5.92 Å². The van der Waals surface area contributed by atoms with Crippen LogP contribution in [-0.2, 0) is 14.4 Å². The molecular formula is C18H22N2O5. The molecule has 2 aliphatic heterocycles. The smallest absolute Gasteiger partial charge is 0.308 e. The minimum absolute atomic E-state index is 0.115. The molecule has 7 heteroatoms. The summed E-state index contributed by atoms with van der Waals surface area (Å²) in [5, 5.41) is 9.14. The fourth-order valence-electron chi connectivity index (χ4n) is 3.36. The molecule has 2 aliphatic rings. The second-order valence-electron chi connectivity index (χ2n) is 6.48. The Morgan fingerprint density at radius 1 is 1.32 bits per heavy atom. The van der Waals surface area contributed by atoms with Crippen LogP contribution in [0.25, 0.3) is 0 Å². The molecule has 0 bridgehead atoms. The highest BCUT2D eigenvalue weighted by Gasteiger charge is 2.33. The van der Waals surface area contributed by atoms with Crippen LogP contribution in [0.1, 0.15) is 26.2 Å². The van der Waals surface area contributed by atoms with Gasteiger partial charge in [0.2, 0.25) is 5.91 Å². The number of ether oxygens (including phenoxy) is 1. The fraction of sp³-hybridized carbons (Fsp3) is 0.500. The standard InChI is InChI=1S/C18H22N2O5/c1-12-17(22)20(14-6-2-3-7-15(14)25-12)10-8-16(21)19-9-4-5-13(11-19)18(23)24/h2-3,6-7,12-13H,4-5,8-11H2,1H3,(H,23,24)/t12?,13-/m0/s1. The summed E-state index contributed by atoms with van der Waals surface area (Å²) in [4.78, 5) is 39.2. The van der Waals surface area contributed by atoms with Gasteiger partial charge in [0.1, 0.15) is 5.75 Å². The van der Waals surface area contributed by atoms with Gasteiger partial charge in [-0.25, -0.2) is 0 Å². The number of likely N-dealkylation sites (tertiary alicyclic amines) is 1. The fourth-order valence-corrected chi connectivity index (χ4v) is 3.36. The van der Waals surface area contributed by atoms with Crippen LogP contribution in [0, 0.1) is 5.92 Å². The van der Waals surface area contributed by atoms with Crippen molar-refractivity contribution >= 4 is 23.5 Å². The molecule has 0 spiro atoms. The maximum absolute atomic E-state index is 12.5. The maximum atomic E-state index is 12.5. The number of benzene rings is 1. The summed E-state index contributed by atoms with van der Waals surface area (Å²) in [6.45, 7) is 2.77. The zero-order chi connectivity index (χ0) is 18.0. The predicted octanol–water partition coefficient (Wildman–Crippen LogP) is 1.51. The highest BCUT2D eigenvalue weighted by molar-refractivity contribution is 6.00. The number of anilines is 1. The minimum Gasteiger partial charge on any atom is -0.481 e. The Labute approximate surface area is 146 Å². The van der Waals surface area contributed by atoms with E-state index in [9.17, 15) is 14.4 Å². The third kappa shape index (κ3) is 3.60. The number of fused-ring (bicyclic) bond motifs is 1. The molecule has 25 heavy (non-hydrogen) atoms. The molecule has 1 aromatic carbocycles. The van der Waals surface area contributed by atoms with Gasteiger partial charge in [-0.3, -0.25) is 14.4 Å². The van der Waals surface area contributed by atoms with E-state index in [0.717, 1.165) is 0 Å². The number of para-hydroxylation sites is 2. The number of carboxylic acids is 1. The monoisotopic (exact) mass is 346 g/mol. The molecule has 2 amide bonds. The minimum atomic E-state index is -0.858. The van der Waals surface area contributed by atoms with Gasteiger partial charge in [0.05, 0.1) is 11.6 Å². The molecule has 1 unspecified atom stereocenters. The van der Waals surface area contributed by atoms with Crippen molar-refractivity contribution in [1.29, 1.82) is 0 Å². The Hall–Kier alpha value is -2.57. The molecule has 3 rings (SSSR count). The van der Waals surface area contributed by atoms with E-state index in [2.05, 4.69) is 0 Å². The van der Waals surface area contributed by atoms with E-state index in [0.29, 0.717) is 30.8 Å². The normalized spacial score (nSPS) is 23.0. The molecule has 2 atom stereocenters. The number of hydrogen-bond acceptors (Lipinski definition) is 4. The molecule has 0 saturated carbocycles. The maximum Gasteiger partial charge on any atom is 0.308 e. The summed E-state index contributed by atoms with van der Waals surface area (Å²) in [7, 11) is 0. The Bertz CT molecular complexity index is 690. The van der Waals surface area contributed by atoms with Crippen LogP contribution in [0.5, 0.6) is 5.75 Å². The third-order valence-corrected chi connectivity index (χ3v) is 4.75. The largest absolute Gasteiger partial charge is 0.481 e. The van der Waals surface area contributed by atoms with Crippen LogP contribution in [0.4, 0.5) is 5.69 Å². The van der Waals surface area contributed by atoms with Gasteiger partial charge in [-0.05, 0) is 31.9 Å². The average molecular weight is 346 g/mol. The number of amides is 2. The van der Waals surface area contributed by atoms with Crippen LogP contribution < -0.4 is 9.64 Å². The van der Waals surface area contributed by atoms with Crippen molar-refractivity contribution in [3.63, 3.8) is 0 Å². The first-order valence-corrected chi connectivity index (χ1v) is 8.55. The lowest BCUT2D eigenvalue weighted by atomic mass is 9.98. The molecule has 1 aromatic rings. The summed E-state index contributed by atoms with van der Waals surface area (Å²) in [6.07, 6.45) is 0.876. The number of carbonyl (C=O) groups excluding carboxylic acids is 2. The lowest BCUT2D eigenvalue weighted by Gasteiger charge is -2.34. The molecule has 1 fully saturated rings. The number of carbonyl (C=O) groups is 3. The first kappa shape index (κ1) is 17.3. The van der Waals surface area contributed by atoms with E-state index in [1.54, 1.807) is 28.9 Å². The van der Waals surface area contributed by atoms with Crippen LogP contribution in [0.15, 0.2) is 24.3 Å². The second kappa shape index (κ2) is 7.13. The highest BCUT2D eigenvalue weighted by atomic mass is 16.5. The quantitative estimate of drug-likeness (QED) is 0.893. The van der Waals surface area contributed by atoms with Gasteiger partial charge in [-0.15, -0.1) is 0 Å². The number of aliphatic carboxylic acids is 1. The summed E-state index contributed by atoms with van der Waals surface area (Å²) in [5.74, 6) is -1.01. The van der Waals surface area contributed by atoms with E-state index in [4.69, 9.17) is 9.84 Å². The van der Waals surface area contributed by atoms with E-state index in [1.165, 1.54) is 0 Å². The van der Waals surface area contributed by atoms with E-state index >= 15 is 0 Å². The van der Waals surface area contributed by atoms with Crippen molar-refractivity contribution < 1.29 is 24.2 Å².